The number of aryl methyl sites for hydroxylation is 1. The molecular weight excluding hydrogens is 194 g/mol. The third-order valence-corrected chi connectivity index (χ3v) is 1.51. The number of amides is 1. The van der Waals surface area contributed by atoms with Gasteiger partial charge in [-0.2, -0.15) is 8.78 Å². The molecule has 0 unspecified atom stereocenters. The predicted octanol–water partition coefficient (Wildman–Crippen LogP) is 1.34. The molecule has 0 aliphatic carbocycles. The van der Waals surface area contributed by atoms with Crippen LogP contribution in [0.4, 0.5) is 8.78 Å². The molecular formula is C8H10F2N2O2. The van der Waals surface area contributed by atoms with Crippen molar-refractivity contribution in [3.05, 3.63) is 23.5 Å². The van der Waals surface area contributed by atoms with Crippen molar-refractivity contribution >= 4 is 5.91 Å². The average molecular weight is 204 g/mol. The summed E-state index contributed by atoms with van der Waals surface area (Å²) in [6, 6.07) is 1.28. The van der Waals surface area contributed by atoms with Crippen LogP contribution in [0.2, 0.25) is 0 Å². The summed E-state index contributed by atoms with van der Waals surface area (Å²) < 4.78 is 27.6. The lowest BCUT2D eigenvalue weighted by molar-refractivity contribution is -0.0501. The summed E-state index contributed by atoms with van der Waals surface area (Å²) in [6.07, 6.45) is 1.03. The quantitative estimate of drug-likeness (QED) is 0.807. The van der Waals surface area contributed by atoms with E-state index >= 15 is 0 Å². The van der Waals surface area contributed by atoms with Crippen LogP contribution >= 0.6 is 0 Å². The Balaban J connectivity index is 0.00000196. The molecule has 0 aliphatic heterocycles. The molecule has 1 aromatic rings. The highest BCUT2D eigenvalue weighted by atomic mass is 19.3. The Labute approximate surface area is 80.2 Å². The molecule has 78 valence electrons. The van der Waals surface area contributed by atoms with Gasteiger partial charge in [0.25, 0.3) is 5.91 Å². The van der Waals surface area contributed by atoms with Crippen molar-refractivity contribution in [1.82, 2.24) is 4.98 Å². The van der Waals surface area contributed by atoms with Crippen molar-refractivity contribution in [2.75, 3.05) is 0 Å². The van der Waals surface area contributed by atoms with Crippen LogP contribution in [-0.2, 0) is 0 Å². The van der Waals surface area contributed by atoms with Gasteiger partial charge in [0.15, 0.2) is 0 Å². The van der Waals surface area contributed by atoms with E-state index < -0.39 is 12.5 Å². The number of carbonyl (C=O) groups is 1. The first-order valence-electron chi connectivity index (χ1n) is 3.72. The zero-order valence-corrected chi connectivity index (χ0v) is 7.33. The molecule has 0 bridgehead atoms. The van der Waals surface area contributed by atoms with Gasteiger partial charge in [-0.1, -0.05) is 0 Å². The van der Waals surface area contributed by atoms with Gasteiger partial charge in [0, 0.05) is 1.43 Å². The van der Waals surface area contributed by atoms with E-state index in [9.17, 15) is 13.6 Å². The van der Waals surface area contributed by atoms with E-state index in [1.807, 2.05) is 0 Å². The summed E-state index contributed by atoms with van der Waals surface area (Å²) in [7, 11) is 0. The van der Waals surface area contributed by atoms with Crippen LogP contribution in [0.3, 0.4) is 0 Å². The van der Waals surface area contributed by atoms with Gasteiger partial charge in [0.05, 0.1) is 6.20 Å². The van der Waals surface area contributed by atoms with E-state index in [4.69, 9.17) is 5.73 Å². The standard InChI is InChI=1S/C8H8F2N2O2.H2/c1-4-2-5(14-8(9)10)3-12-6(4)7(11)13;/h2-3,8H,1H3,(H2,11,13);1H. The molecule has 0 aliphatic rings. The fraction of sp³-hybridized carbons (Fsp3) is 0.250. The lowest BCUT2D eigenvalue weighted by Crippen LogP contribution is -2.15. The van der Waals surface area contributed by atoms with Gasteiger partial charge in [-0.15, -0.1) is 0 Å². The zero-order chi connectivity index (χ0) is 10.7. The highest BCUT2D eigenvalue weighted by molar-refractivity contribution is 5.92. The number of nitrogens with two attached hydrogens (primary N) is 1. The molecule has 2 N–H and O–H groups in total. The number of primary amides is 1. The van der Waals surface area contributed by atoms with Gasteiger partial charge in [-0.3, -0.25) is 4.79 Å². The SMILES string of the molecule is Cc1cc(OC(F)F)cnc1C(N)=O.[HH]. The van der Waals surface area contributed by atoms with Gasteiger partial charge < -0.3 is 10.5 Å². The maximum absolute atomic E-state index is 11.8. The second-order valence-corrected chi connectivity index (χ2v) is 2.58. The summed E-state index contributed by atoms with van der Waals surface area (Å²) in [5.74, 6) is -0.798. The van der Waals surface area contributed by atoms with E-state index in [1.165, 1.54) is 13.0 Å². The number of pyridine rings is 1. The van der Waals surface area contributed by atoms with Gasteiger partial charge in [0.2, 0.25) is 0 Å². The summed E-state index contributed by atoms with van der Waals surface area (Å²) in [5, 5.41) is 0. The van der Waals surface area contributed by atoms with E-state index in [0.717, 1.165) is 6.20 Å². The molecule has 1 aromatic heterocycles. The molecule has 0 spiro atoms. The molecule has 1 amide bonds. The third kappa shape index (κ3) is 2.38. The van der Waals surface area contributed by atoms with Crippen LogP contribution < -0.4 is 10.5 Å². The molecule has 0 saturated heterocycles. The molecule has 0 fully saturated rings. The topological polar surface area (TPSA) is 65.2 Å². The molecule has 1 heterocycles. The number of rotatable bonds is 3. The van der Waals surface area contributed by atoms with E-state index in [-0.39, 0.29) is 12.9 Å². The number of hydrogen-bond donors (Lipinski definition) is 1. The van der Waals surface area contributed by atoms with E-state index in [0.29, 0.717) is 5.56 Å². The second-order valence-electron chi connectivity index (χ2n) is 2.58. The first-order valence-corrected chi connectivity index (χ1v) is 3.72. The Hall–Kier alpha value is -1.72. The number of nitrogens with zero attached hydrogens (tertiary/aromatic N) is 1. The Morgan fingerprint density at radius 3 is 2.79 bits per heavy atom. The van der Waals surface area contributed by atoms with Crippen molar-refractivity contribution < 1.29 is 19.7 Å². The first kappa shape index (κ1) is 10.4. The van der Waals surface area contributed by atoms with E-state index in [2.05, 4.69) is 9.72 Å². The van der Waals surface area contributed by atoms with Crippen molar-refractivity contribution in [1.29, 1.82) is 0 Å². The van der Waals surface area contributed by atoms with Crippen molar-refractivity contribution in [3.8, 4) is 5.75 Å². The Kier molecular flexibility index (Phi) is 2.95. The first-order chi connectivity index (χ1) is 6.50. The number of hydrogen-bond acceptors (Lipinski definition) is 3. The van der Waals surface area contributed by atoms with Crippen LogP contribution in [-0.4, -0.2) is 17.5 Å². The monoisotopic (exact) mass is 204 g/mol. The fourth-order valence-corrected chi connectivity index (χ4v) is 0.974. The highest BCUT2D eigenvalue weighted by Crippen LogP contribution is 2.16. The summed E-state index contributed by atoms with van der Waals surface area (Å²) >= 11 is 0. The van der Waals surface area contributed by atoms with Crippen molar-refractivity contribution in [2.45, 2.75) is 13.5 Å². The summed E-state index contributed by atoms with van der Waals surface area (Å²) in [4.78, 5) is 14.3. The molecule has 14 heavy (non-hydrogen) atoms. The minimum atomic E-state index is -2.91. The largest absolute Gasteiger partial charge is 0.433 e. The van der Waals surface area contributed by atoms with Gasteiger partial charge in [-0.25, -0.2) is 4.98 Å². The van der Waals surface area contributed by atoms with Gasteiger partial charge in [0.1, 0.15) is 11.4 Å². The smallest absolute Gasteiger partial charge is 0.387 e. The molecule has 0 radical (unpaired) electrons. The van der Waals surface area contributed by atoms with Crippen LogP contribution in [0, 0.1) is 6.92 Å². The molecule has 0 atom stereocenters. The molecule has 0 aromatic carbocycles. The molecule has 1 rings (SSSR count). The van der Waals surface area contributed by atoms with Crippen LogP contribution in [0.15, 0.2) is 12.3 Å². The summed E-state index contributed by atoms with van der Waals surface area (Å²) in [5.41, 5.74) is 5.42. The fourth-order valence-electron chi connectivity index (χ4n) is 0.974. The minimum Gasteiger partial charge on any atom is -0.433 e. The van der Waals surface area contributed by atoms with Crippen LogP contribution in [0.1, 0.15) is 17.5 Å². The van der Waals surface area contributed by atoms with Crippen molar-refractivity contribution in [3.63, 3.8) is 0 Å². The molecule has 4 nitrogen and oxygen atoms in total. The van der Waals surface area contributed by atoms with Gasteiger partial charge >= 0.3 is 6.61 Å². The maximum Gasteiger partial charge on any atom is 0.387 e. The van der Waals surface area contributed by atoms with E-state index in [1.54, 1.807) is 0 Å². The second kappa shape index (κ2) is 3.99. The number of ether oxygens (including phenoxy) is 1. The molecule has 6 heteroatoms. The van der Waals surface area contributed by atoms with Gasteiger partial charge in [-0.05, 0) is 18.6 Å². The highest BCUT2D eigenvalue weighted by Gasteiger charge is 2.10. The predicted molar refractivity (Wildman–Crippen MR) is 46.2 cm³/mol. The maximum atomic E-state index is 11.8. The zero-order valence-electron chi connectivity index (χ0n) is 7.33. The Morgan fingerprint density at radius 2 is 2.36 bits per heavy atom. The Morgan fingerprint density at radius 1 is 1.71 bits per heavy atom. The number of alkyl halides is 2. The Bertz CT molecular complexity index is 360. The average Bonchev–Trinajstić information content (AvgIpc) is 2.01. The lowest BCUT2D eigenvalue weighted by Gasteiger charge is -2.06. The lowest BCUT2D eigenvalue weighted by atomic mass is 10.2. The van der Waals surface area contributed by atoms with Crippen LogP contribution in [0.25, 0.3) is 0 Å². The third-order valence-electron chi connectivity index (χ3n) is 1.51. The summed E-state index contributed by atoms with van der Waals surface area (Å²) in [6.45, 7) is -1.37. The molecule has 0 saturated carbocycles. The number of aromatic nitrogens is 1. The minimum absolute atomic E-state index is 0. The van der Waals surface area contributed by atoms with Crippen LogP contribution in [0.5, 0.6) is 5.75 Å². The number of halogens is 2. The number of carbonyl (C=O) groups excluding carboxylic acids is 1. The normalized spacial score (nSPS) is 10.3. The van der Waals surface area contributed by atoms with Crippen molar-refractivity contribution in [2.24, 2.45) is 5.73 Å².